The van der Waals surface area contributed by atoms with Crippen molar-refractivity contribution in [3.63, 3.8) is 0 Å². The van der Waals surface area contributed by atoms with E-state index in [1.165, 1.54) is 23.8 Å². The third-order valence-electron chi connectivity index (χ3n) is 3.73. The summed E-state index contributed by atoms with van der Waals surface area (Å²) in [4.78, 5) is 27.7. The Kier molecular flexibility index (Phi) is 5.50. The molecule has 2 N–H and O–H groups in total. The maximum Gasteiger partial charge on any atom is 0.329 e. The number of benzene rings is 1. The highest BCUT2D eigenvalue weighted by atomic mass is 32.1. The number of amides is 1. The van der Waals surface area contributed by atoms with E-state index in [9.17, 15) is 14.7 Å². The van der Waals surface area contributed by atoms with Crippen LogP contribution >= 0.6 is 11.3 Å². The Morgan fingerprint density at radius 1 is 1.30 bits per heavy atom. The Morgan fingerprint density at radius 3 is 2.61 bits per heavy atom. The molecule has 5 nitrogen and oxygen atoms in total. The van der Waals surface area contributed by atoms with Crippen LogP contribution in [0, 0.1) is 0 Å². The molecule has 0 aliphatic heterocycles. The second-order valence-electron chi connectivity index (χ2n) is 5.61. The molecule has 0 saturated heterocycles. The van der Waals surface area contributed by atoms with E-state index in [-0.39, 0.29) is 12.3 Å². The lowest BCUT2D eigenvalue weighted by Crippen LogP contribution is -2.52. The summed E-state index contributed by atoms with van der Waals surface area (Å²) in [6.45, 7) is 3.24. The summed E-state index contributed by atoms with van der Waals surface area (Å²) in [6, 6.07) is 10.00. The van der Waals surface area contributed by atoms with Crippen LogP contribution in [0.3, 0.4) is 0 Å². The van der Waals surface area contributed by atoms with Gasteiger partial charge in [0.15, 0.2) is 0 Å². The van der Waals surface area contributed by atoms with Gasteiger partial charge in [0.1, 0.15) is 5.54 Å². The molecule has 0 radical (unpaired) electrons. The second kappa shape index (κ2) is 7.37. The first-order chi connectivity index (χ1) is 10.9. The van der Waals surface area contributed by atoms with Crippen molar-refractivity contribution in [3.8, 4) is 0 Å². The van der Waals surface area contributed by atoms with Crippen LogP contribution in [0.4, 0.5) is 0 Å². The Morgan fingerprint density at radius 2 is 2.00 bits per heavy atom. The van der Waals surface area contributed by atoms with Crippen LogP contribution in [0.5, 0.6) is 0 Å². The van der Waals surface area contributed by atoms with E-state index >= 15 is 0 Å². The van der Waals surface area contributed by atoms with Gasteiger partial charge in [0.2, 0.25) is 5.91 Å². The van der Waals surface area contributed by atoms with Gasteiger partial charge in [0.25, 0.3) is 0 Å². The Balaban J connectivity index is 1.96. The number of aromatic nitrogens is 1. The third kappa shape index (κ3) is 4.63. The summed E-state index contributed by atoms with van der Waals surface area (Å²) >= 11 is 1.51. The number of hydrogen-bond acceptors (Lipinski definition) is 4. The molecule has 6 heteroatoms. The number of nitrogens with zero attached hydrogens (tertiary/aromatic N) is 1. The fourth-order valence-electron chi connectivity index (χ4n) is 2.09. The zero-order chi connectivity index (χ0) is 16.9. The van der Waals surface area contributed by atoms with Crippen LogP contribution in [-0.2, 0) is 22.4 Å². The topological polar surface area (TPSA) is 79.3 Å². The minimum Gasteiger partial charge on any atom is -0.480 e. The highest BCUT2D eigenvalue weighted by Gasteiger charge is 2.32. The quantitative estimate of drug-likeness (QED) is 0.817. The molecule has 0 bridgehead atoms. The smallest absolute Gasteiger partial charge is 0.329 e. The molecule has 1 atom stereocenters. The first-order valence-corrected chi connectivity index (χ1v) is 8.32. The van der Waals surface area contributed by atoms with E-state index < -0.39 is 11.5 Å². The van der Waals surface area contributed by atoms with Gasteiger partial charge in [-0.1, -0.05) is 37.3 Å². The zero-order valence-corrected chi connectivity index (χ0v) is 14.0. The summed E-state index contributed by atoms with van der Waals surface area (Å²) < 4.78 is 0. The molecule has 0 aliphatic carbocycles. The molecule has 0 spiro atoms. The van der Waals surface area contributed by atoms with Crippen LogP contribution < -0.4 is 5.32 Å². The Labute approximate surface area is 139 Å². The van der Waals surface area contributed by atoms with Gasteiger partial charge < -0.3 is 10.4 Å². The van der Waals surface area contributed by atoms with Crippen LogP contribution in [-0.4, -0.2) is 27.5 Å². The normalized spacial score (nSPS) is 13.3. The van der Waals surface area contributed by atoms with Gasteiger partial charge in [-0.25, -0.2) is 9.78 Å². The van der Waals surface area contributed by atoms with E-state index in [0.29, 0.717) is 12.1 Å². The van der Waals surface area contributed by atoms with Gasteiger partial charge in [0, 0.05) is 11.8 Å². The first kappa shape index (κ1) is 17.1. The summed E-state index contributed by atoms with van der Waals surface area (Å²) in [6.07, 6.45) is 1.15. The summed E-state index contributed by atoms with van der Waals surface area (Å²) in [5.74, 6) is -1.36. The zero-order valence-electron chi connectivity index (χ0n) is 13.2. The molecule has 0 fully saturated rings. The van der Waals surface area contributed by atoms with Crippen LogP contribution in [0.2, 0.25) is 0 Å². The van der Waals surface area contributed by atoms with Crippen LogP contribution in [0.15, 0.2) is 35.7 Å². The number of nitrogens with one attached hydrogen (secondary N) is 1. The standard InChI is InChI=1S/C17H20N2O3S/c1-3-17(2,16(21)22)19-14(20)10-13-11-23-15(18-13)9-12-7-5-4-6-8-12/h4-8,11H,3,9-10H2,1-2H3,(H,19,20)(H,21,22). The van der Waals surface area contributed by atoms with E-state index in [0.717, 1.165) is 11.4 Å². The van der Waals surface area contributed by atoms with Crippen molar-refractivity contribution in [1.82, 2.24) is 10.3 Å². The Hall–Kier alpha value is -2.21. The third-order valence-corrected chi connectivity index (χ3v) is 4.63. The summed E-state index contributed by atoms with van der Waals surface area (Å²) in [5, 5.41) is 14.6. The molecule has 1 unspecified atom stereocenters. The molecule has 122 valence electrons. The monoisotopic (exact) mass is 332 g/mol. The molecule has 1 amide bonds. The van der Waals surface area contributed by atoms with Crippen molar-refractivity contribution in [3.05, 3.63) is 52.0 Å². The fraction of sp³-hybridized carbons (Fsp3) is 0.353. The lowest BCUT2D eigenvalue weighted by Gasteiger charge is -2.24. The van der Waals surface area contributed by atoms with Crippen LogP contribution in [0.1, 0.15) is 36.5 Å². The Bertz CT molecular complexity index is 684. The van der Waals surface area contributed by atoms with Gasteiger partial charge in [-0.05, 0) is 18.9 Å². The predicted octanol–water partition coefficient (Wildman–Crippen LogP) is 2.65. The maximum atomic E-state index is 12.0. The highest BCUT2D eigenvalue weighted by molar-refractivity contribution is 7.09. The molecule has 2 aromatic rings. The molecule has 2 rings (SSSR count). The first-order valence-electron chi connectivity index (χ1n) is 7.44. The molecule has 0 saturated carbocycles. The van der Waals surface area contributed by atoms with Crippen LogP contribution in [0.25, 0.3) is 0 Å². The van der Waals surface area contributed by atoms with Gasteiger partial charge >= 0.3 is 5.97 Å². The minimum absolute atomic E-state index is 0.0914. The van der Waals surface area contributed by atoms with Gasteiger partial charge in [-0.15, -0.1) is 11.3 Å². The van der Waals surface area contributed by atoms with E-state index in [2.05, 4.69) is 10.3 Å². The summed E-state index contributed by atoms with van der Waals surface area (Å²) in [7, 11) is 0. The van der Waals surface area contributed by atoms with Gasteiger partial charge in [-0.3, -0.25) is 4.79 Å². The largest absolute Gasteiger partial charge is 0.480 e. The van der Waals surface area contributed by atoms with Crippen molar-refractivity contribution >= 4 is 23.2 Å². The number of hydrogen-bond donors (Lipinski definition) is 2. The number of carboxylic acid groups (broad SMARTS) is 1. The SMILES string of the molecule is CCC(C)(NC(=O)Cc1csc(Cc2ccccc2)n1)C(=O)O. The van der Waals surface area contributed by atoms with Crippen molar-refractivity contribution < 1.29 is 14.7 Å². The number of aliphatic carboxylic acids is 1. The second-order valence-corrected chi connectivity index (χ2v) is 6.55. The lowest BCUT2D eigenvalue weighted by molar-refractivity contribution is -0.146. The fourth-order valence-corrected chi connectivity index (χ4v) is 2.92. The molecule has 23 heavy (non-hydrogen) atoms. The summed E-state index contributed by atoms with van der Waals surface area (Å²) in [5.41, 5.74) is 0.601. The predicted molar refractivity (Wildman–Crippen MR) is 89.5 cm³/mol. The molecular formula is C17H20N2O3S. The maximum absolute atomic E-state index is 12.0. The molecule has 0 aliphatic rings. The average molecular weight is 332 g/mol. The average Bonchev–Trinajstić information content (AvgIpc) is 2.94. The van der Waals surface area contributed by atoms with Crippen molar-refractivity contribution in [2.45, 2.75) is 38.6 Å². The van der Waals surface area contributed by atoms with Crippen molar-refractivity contribution in [2.75, 3.05) is 0 Å². The molecule has 1 aromatic heterocycles. The molecule has 1 heterocycles. The molecule has 1 aromatic carbocycles. The van der Waals surface area contributed by atoms with E-state index in [4.69, 9.17) is 0 Å². The van der Waals surface area contributed by atoms with Crippen molar-refractivity contribution in [2.24, 2.45) is 0 Å². The lowest BCUT2D eigenvalue weighted by atomic mass is 9.99. The molecular weight excluding hydrogens is 312 g/mol. The van der Waals surface area contributed by atoms with E-state index in [1.807, 2.05) is 35.7 Å². The number of carboxylic acids is 1. The van der Waals surface area contributed by atoms with Crippen molar-refractivity contribution in [1.29, 1.82) is 0 Å². The number of carbonyl (C=O) groups excluding carboxylic acids is 1. The van der Waals surface area contributed by atoms with E-state index in [1.54, 1.807) is 6.92 Å². The van der Waals surface area contributed by atoms with Gasteiger partial charge in [0.05, 0.1) is 17.1 Å². The number of rotatable bonds is 7. The van der Waals surface area contributed by atoms with Gasteiger partial charge in [-0.2, -0.15) is 0 Å². The minimum atomic E-state index is -1.24. The number of thiazole rings is 1. The number of carbonyl (C=O) groups is 2. The highest BCUT2D eigenvalue weighted by Crippen LogP contribution is 2.16.